The van der Waals surface area contributed by atoms with Gasteiger partial charge in [-0.25, -0.2) is 9.97 Å². The molecule has 0 bridgehead atoms. The smallest absolute Gasteiger partial charge is 0.137 e. The van der Waals surface area contributed by atoms with E-state index in [9.17, 15) is 0 Å². The Kier molecular flexibility index (Phi) is 4.21. The van der Waals surface area contributed by atoms with Gasteiger partial charge in [0.25, 0.3) is 0 Å². The van der Waals surface area contributed by atoms with E-state index < -0.39 is 0 Å². The highest BCUT2D eigenvalue weighted by atomic mass is 35.5. The van der Waals surface area contributed by atoms with Crippen molar-refractivity contribution in [3.05, 3.63) is 16.5 Å². The number of anilines is 1. The van der Waals surface area contributed by atoms with Crippen molar-refractivity contribution in [3.63, 3.8) is 0 Å². The normalized spacial score (nSPS) is 17.7. The van der Waals surface area contributed by atoms with Crippen LogP contribution < -0.4 is 4.90 Å². The van der Waals surface area contributed by atoms with Gasteiger partial charge in [-0.3, -0.25) is 0 Å². The van der Waals surface area contributed by atoms with Crippen molar-refractivity contribution in [2.45, 2.75) is 46.0 Å². The molecule has 0 aromatic carbocycles. The standard InChI is InChI=1S/C13H20ClN3/c1-10-12(14)15-11(2)16-13(10)17-8-6-4-3-5-7-9-17/h3-9H2,1-2H3. The van der Waals surface area contributed by atoms with E-state index in [0.29, 0.717) is 5.15 Å². The van der Waals surface area contributed by atoms with E-state index in [-0.39, 0.29) is 0 Å². The average Bonchev–Trinajstić information content (AvgIpc) is 2.23. The first-order chi connectivity index (χ1) is 8.18. The predicted octanol–water partition coefficient (Wildman–Crippen LogP) is 3.52. The molecule has 94 valence electrons. The lowest BCUT2D eigenvalue weighted by Crippen LogP contribution is -2.29. The van der Waals surface area contributed by atoms with Gasteiger partial charge in [-0.2, -0.15) is 0 Å². The topological polar surface area (TPSA) is 29.0 Å². The Morgan fingerprint density at radius 1 is 0.941 bits per heavy atom. The summed E-state index contributed by atoms with van der Waals surface area (Å²) >= 11 is 6.13. The zero-order valence-electron chi connectivity index (χ0n) is 10.7. The minimum absolute atomic E-state index is 0.592. The molecule has 0 amide bonds. The van der Waals surface area contributed by atoms with Crippen LogP contribution in [-0.4, -0.2) is 23.1 Å². The predicted molar refractivity (Wildman–Crippen MR) is 71.8 cm³/mol. The lowest BCUT2D eigenvalue weighted by molar-refractivity contribution is 0.552. The van der Waals surface area contributed by atoms with E-state index in [1.165, 1.54) is 32.1 Å². The second-order valence-electron chi connectivity index (χ2n) is 4.77. The van der Waals surface area contributed by atoms with Crippen molar-refractivity contribution in [1.82, 2.24) is 9.97 Å². The Labute approximate surface area is 108 Å². The minimum atomic E-state index is 0.592. The molecule has 4 heteroatoms. The van der Waals surface area contributed by atoms with E-state index in [4.69, 9.17) is 11.6 Å². The molecule has 0 unspecified atom stereocenters. The van der Waals surface area contributed by atoms with Crippen LogP contribution in [0, 0.1) is 13.8 Å². The van der Waals surface area contributed by atoms with Crippen LogP contribution in [0.4, 0.5) is 5.82 Å². The van der Waals surface area contributed by atoms with Crippen LogP contribution >= 0.6 is 11.6 Å². The Bertz CT molecular complexity index is 384. The molecule has 0 aliphatic carbocycles. The van der Waals surface area contributed by atoms with Crippen molar-refractivity contribution in [3.8, 4) is 0 Å². The molecular formula is C13H20ClN3. The van der Waals surface area contributed by atoms with E-state index in [2.05, 4.69) is 14.9 Å². The summed E-state index contributed by atoms with van der Waals surface area (Å²) in [6.45, 7) is 6.09. The molecule has 1 saturated heterocycles. The Morgan fingerprint density at radius 3 is 2.18 bits per heavy atom. The number of aromatic nitrogens is 2. The van der Waals surface area contributed by atoms with Crippen molar-refractivity contribution >= 4 is 17.4 Å². The summed E-state index contributed by atoms with van der Waals surface area (Å²) in [5.74, 6) is 1.79. The van der Waals surface area contributed by atoms with Gasteiger partial charge in [0.1, 0.15) is 16.8 Å². The fourth-order valence-corrected chi connectivity index (χ4v) is 2.55. The maximum atomic E-state index is 6.13. The lowest BCUT2D eigenvalue weighted by atomic mass is 10.1. The largest absolute Gasteiger partial charge is 0.356 e. The van der Waals surface area contributed by atoms with E-state index in [1.54, 1.807) is 0 Å². The zero-order valence-corrected chi connectivity index (χ0v) is 11.4. The molecule has 1 aliphatic rings. The summed E-state index contributed by atoms with van der Waals surface area (Å²) in [6, 6.07) is 0. The molecule has 1 aromatic rings. The van der Waals surface area contributed by atoms with Gasteiger partial charge < -0.3 is 4.90 Å². The summed E-state index contributed by atoms with van der Waals surface area (Å²) in [4.78, 5) is 11.1. The van der Waals surface area contributed by atoms with Crippen molar-refractivity contribution < 1.29 is 0 Å². The minimum Gasteiger partial charge on any atom is -0.356 e. The number of nitrogens with zero attached hydrogens (tertiary/aromatic N) is 3. The maximum Gasteiger partial charge on any atom is 0.137 e. The van der Waals surface area contributed by atoms with Gasteiger partial charge in [-0.15, -0.1) is 0 Å². The lowest BCUT2D eigenvalue weighted by Gasteiger charge is -2.27. The number of rotatable bonds is 1. The van der Waals surface area contributed by atoms with Gasteiger partial charge in [0.05, 0.1) is 0 Å². The summed E-state index contributed by atoms with van der Waals surface area (Å²) in [7, 11) is 0. The quantitative estimate of drug-likeness (QED) is 0.717. The molecule has 0 spiro atoms. The molecular weight excluding hydrogens is 234 g/mol. The van der Waals surface area contributed by atoms with Crippen LogP contribution in [0.1, 0.15) is 43.5 Å². The second kappa shape index (κ2) is 5.67. The van der Waals surface area contributed by atoms with Crippen molar-refractivity contribution in [1.29, 1.82) is 0 Å². The van der Waals surface area contributed by atoms with Gasteiger partial charge in [0.2, 0.25) is 0 Å². The first kappa shape index (κ1) is 12.6. The number of hydrogen-bond donors (Lipinski definition) is 0. The molecule has 1 fully saturated rings. The van der Waals surface area contributed by atoms with Gasteiger partial charge >= 0.3 is 0 Å². The Hall–Kier alpha value is -0.830. The molecule has 1 aromatic heterocycles. The molecule has 3 nitrogen and oxygen atoms in total. The van der Waals surface area contributed by atoms with Gasteiger partial charge in [-0.05, 0) is 26.7 Å². The number of aryl methyl sites for hydroxylation is 1. The van der Waals surface area contributed by atoms with Crippen molar-refractivity contribution in [2.75, 3.05) is 18.0 Å². The molecule has 0 N–H and O–H groups in total. The van der Waals surface area contributed by atoms with E-state index in [1.807, 2.05) is 13.8 Å². The monoisotopic (exact) mass is 253 g/mol. The maximum absolute atomic E-state index is 6.13. The van der Waals surface area contributed by atoms with Gasteiger partial charge in [0.15, 0.2) is 0 Å². The second-order valence-corrected chi connectivity index (χ2v) is 5.12. The van der Waals surface area contributed by atoms with Crippen LogP contribution in [0.15, 0.2) is 0 Å². The average molecular weight is 254 g/mol. The fourth-order valence-electron chi connectivity index (χ4n) is 2.35. The van der Waals surface area contributed by atoms with E-state index in [0.717, 1.165) is 30.3 Å². The SMILES string of the molecule is Cc1nc(Cl)c(C)c(N2CCCCCCC2)n1. The first-order valence-electron chi connectivity index (χ1n) is 6.44. The third-order valence-electron chi connectivity index (χ3n) is 3.33. The summed E-state index contributed by atoms with van der Waals surface area (Å²) in [5.41, 5.74) is 1.01. The van der Waals surface area contributed by atoms with Crippen molar-refractivity contribution in [2.24, 2.45) is 0 Å². The fraction of sp³-hybridized carbons (Fsp3) is 0.692. The van der Waals surface area contributed by atoms with E-state index >= 15 is 0 Å². The molecule has 2 rings (SSSR count). The van der Waals surface area contributed by atoms with Gasteiger partial charge in [0, 0.05) is 18.7 Å². The Balaban J connectivity index is 2.24. The molecule has 1 aliphatic heterocycles. The molecule has 0 radical (unpaired) electrons. The molecule has 2 heterocycles. The summed E-state index contributed by atoms with van der Waals surface area (Å²) in [6.07, 6.45) is 6.53. The van der Waals surface area contributed by atoms with Crippen LogP contribution in [0.3, 0.4) is 0 Å². The molecule has 0 saturated carbocycles. The third kappa shape index (κ3) is 3.09. The number of hydrogen-bond acceptors (Lipinski definition) is 3. The Morgan fingerprint density at radius 2 is 1.53 bits per heavy atom. The van der Waals surface area contributed by atoms with Crippen LogP contribution in [0.25, 0.3) is 0 Å². The first-order valence-corrected chi connectivity index (χ1v) is 6.82. The number of halogens is 1. The highest BCUT2D eigenvalue weighted by Gasteiger charge is 2.15. The molecule has 17 heavy (non-hydrogen) atoms. The van der Waals surface area contributed by atoms with Crippen LogP contribution in [-0.2, 0) is 0 Å². The van der Waals surface area contributed by atoms with Crippen LogP contribution in [0.5, 0.6) is 0 Å². The van der Waals surface area contributed by atoms with Crippen LogP contribution in [0.2, 0.25) is 5.15 Å². The van der Waals surface area contributed by atoms with Gasteiger partial charge in [-0.1, -0.05) is 30.9 Å². The molecule has 0 atom stereocenters. The summed E-state index contributed by atoms with van der Waals surface area (Å²) < 4.78 is 0. The highest BCUT2D eigenvalue weighted by Crippen LogP contribution is 2.25. The third-order valence-corrected chi connectivity index (χ3v) is 3.70. The highest BCUT2D eigenvalue weighted by molar-refractivity contribution is 6.30. The summed E-state index contributed by atoms with van der Waals surface area (Å²) in [5, 5.41) is 0.592. The zero-order chi connectivity index (χ0) is 12.3.